The van der Waals surface area contributed by atoms with Gasteiger partial charge in [-0.25, -0.2) is 0 Å². The van der Waals surface area contributed by atoms with Gasteiger partial charge in [-0.2, -0.15) is 0 Å². The Kier molecular flexibility index (Phi) is 4.51. The third-order valence-electron chi connectivity index (χ3n) is 3.63. The van der Waals surface area contributed by atoms with Gasteiger partial charge < -0.3 is 10.1 Å². The van der Waals surface area contributed by atoms with Crippen molar-refractivity contribution in [2.45, 2.75) is 51.4 Å². The normalized spacial score (nSPS) is 24.8. The van der Waals surface area contributed by atoms with Crippen LogP contribution in [0.4, 0.5) is 0 Å². The zero-order chi connectivity index (χ0) is 12.1. The van der Waals surface area contributed by atoms with Gasteiger partial charge >= 0.3 is 0 Å². The molecule has 3 heteroatoms. The molecular weight excluding hydrogens is 212 g/mol. The number of likely N-dealkylation sites (N-methyl/N-ethyl adjacent to an activating group) is 1. The van der Waals surface area contributed by atoms with Gasteiger partial charge in [0.05, 0.1) is 18.4 Å². The summed E-state index contributed by atoms with van der Waals surface area (Å²) in [5, 5.41) is 3.36. The van der Waals surface area contributed by atoms with Gasteiger partial charge in [-0.1, -0.05) is 18.9 Å². The van der Waals surface area contributed by atoms with Crippen LogP contribution in [-0.2, 0) is 11.3 Å². The largest absolute Gasteiger partial charge is 0.370 e. The molecule has 1 fully saturated rings. The van der Waals surface area contributed by atoms with Crippen LogP contribution in [0, 0.1) is 6.92 Å². The summed E-state index contributed by atoms with van der Waals surface area (Å²) < 4.78 is 6.03. The summed E-state index contributed by atoms with van der Waals surface area (Å²) in [6.45, 7) is 2.72. The molecule has 1 aliphatic carbocycles. The van der Waals surface area contributed by atoms with Crippen LogP contribution in [0.1, 0.15) is 36.9 Å². The molecule has 2 atom stereocenters. The Hall–Kier alpha value is -0.930. The second-order valence-electron chi connectivity index (χ2n) is 4.80. The Labute approximate surface area is 104 Å². The van der Waals surface area contributed by atoms with E-state index in [1.165, 1.54) is 24.8 Å². The van der Waals surface area contributed by atoms with Crippen LogP contribution in [0.5, 0.6) is 0 Å². The molecule has 1 aromatic rings. The second-order valence-corrected chi connectivity index (χ2v) is 4.80. The predicted octanol–water partition coefficient (Wildman–Crippen LogP) is 2.44. The monoisotopic (exact) mass is 234 g/mol. The van der Waals surface area contributed by atoms with Crippen LogP contribution in [-0.4, -0.2) is 24.2 Å². The molecular formula is C14H22N2O. The molecule has 2 unspecified atom stereocenters. The summed E-state index contributed by atoms with van der Waals surface area (Å²) in [4.78, 5) is 4.37. The van der Waals surface area contributed by atoms with E-state index in [0.717, 1.165) is 12.1 Å². The van der Waals surface area contributed by atoms with E-state index < -0.39 is 0 Å². The van der Waals surface area contributed by atoms with Gasteiger partial charge in [0, 0.05) is 12.2 Å². The number of hydrogen-bond donors (Lipinski definition) is 1. The Morgan fingerprint density at radius 1 is 1.41 bits per heavy atom. The third kappa shape index (κ3) is 3.27. The number of pyridine rings is 1. The molecule has 94 valence electrons. The number of aromatic nitrogens is 1. The van der Waals surface area contributed by atoms with Crippen molar-refractivity contribution in [1.29, 1.82) is 0 Å². The standard InChI is InChI=1S/C14H22N2O/c1-11-6-5-9-16-13(11)10-17-14-8-4-3-7-12(14)15-2/h5-6,9,12,14-15H,3-4,7-8,10H2,1-2H3. The maximum atomic E-state index is 6.03. The van der Waals surface area contributed by atoms with Crippen molar-refractivity contribution in [3.8, 4) is 0 Å². The first-order valence-corrected chi connectivity index (χ1v) is 6.50. The molecule has 17 heavy (non-hydrogen) atoms. The topological polar surface area (TPSA) is 34.1 Å². The lowest BCUT2D eigenvalue weighted by molar-refractivity contribution is -0.00521. The van der Waals surface area contributed by atoms with Crippen molar-refractivity contribution in [2.24, 2.45) is 0 Å². The lowest BCUT2D eigenvalue weighted by atomic mass is 9.92. The average Bonchev–Trinajstić information content (AvgIpc) is 2.38. The highest BCUT2D eigenvalue weighted by atomic mass is 16.5. The van der Waals surface area contributed by atoms with Crippen molar-refractivity contribution in [2.75, 3.05) is 7.05 Å². The number of aryl methyl sites for hydroxylation is 1. The second kappa shape index (κ2) is 6.12. The van der Waals surface area contributed by atoms with E-state index in [-0.39, 0.29) is 0 Å². The lowest BCUT2D eigenvalue weighted by Crippen LogP contribution is -2.41. The van der Waals surface area contributed by atoms with E-state index in [2.05, 4.69) is 23.3 Å². The molecule has 0 spiro atoms. The van der Waals surface area contributed by atoms with Gasteiger partial charge in [0.25, 0.3) is 0 Å². The molecule has 3 nitrogen and oxygen atoms in total. The SMILES string of the molecule is CNC1CCCCC1OCc1ncccc1C. The van der Waals surface area contributed by atoms with Crippen molar-refractivity contribution < 1.29 is 4.74 Å². The zero-order valence-corrected chi connectivity index (χ0v) is 10.8. The van der Waals surface area contributed by atoms with Crippen LogP contribution in [0.25, 0.3) is 0 Å². The van der Waals surface area contributed by atoms with E-state index in [1.54, 1.807) is 0 Å². The Morgan fingerprint density at radius 3 is 3.00 bits per heavy atom. The van der Waals surface area contributed by atoms with Crippen LogP contribution in [0.2, 0.25) is 0 Å². The molecule has 0 radical (unpaired) electrons. The summed E-state index contributed by atoms with van der Waals surface area (Å²) in [5.74, 6) is 0. The minimum Gasteiger partial charge on any atom is -0.370 e. The smallest absolute Gasteiger partial charge is 0.0895 e. The fourth-order valence-corrected chi connectivity index (χ4v) is 2.48. The van der Waals surface area contributed by atoms with E-state index in [9.17, 15) is 0 Å². The number of ether oxygens (including phenoxy) is 1. The number of nitrogens with one attached hydrogen (secondary N) is 1. The number of hydrogen-bond acceptors (Lipinski definition) is 3. The molecule has 2 rings (SSSR count). The molecule has 0 bridgehead atoms. The van der Waals surface area contributed by atoms with Gasteiger partial charge in [0.1, 0.15) is 0 Å². The Balaban J connectivity index is 1.90. The van der Waals surface area contributed by atoms with Gasteiger partial charge in [-0.05, 0) is 38.4 Å². The van der Waals surface area contributed by atoms with E-state index in [1.807, 2.05) is 19.3 Å². The molecule has 1 aliphatic rings. The zero-order valence-electron chi connectivity index (χ0n) is 10.8. The number of rotatable bonds is 4. The van der Waals surface area contributed by atoms with Crippen molar-refractivity contribution in [3.63, 3.8) is 0 Å². The van der Waals surface area contributed by atoms with Gasteiger partial charge in [-0.3, -0.25) is 4.98 Å². The van der Waals surface area contributed by atoms with E-state index in [0.29, 0.717) is 18.8 Å². The van der Waals surface area contributed by atoms with Crippen LogP contribution in [0.3, 0.4) is 0 Å². The van der Waals surface area contributed by atoms with Crippen LogP contribution < -0.4 is 5.32 Å². The van der Waals surface area contributed by atoms with Crippen LogP contribution in [0.15, 0.2) is 18.3 Å². The molecule has 1 N–H and O–H groups in total. The molecule has 0 saturated heterocycles. The summed E-state index contributed by atoms with van der Waals surface area (Å²) in [7, 11) is 2.03. The fraction of sp³-hybridized carbons (Fsp3) is 0.643. The average molecular weight is 234 g/mol. The lowest BCUT2D eigenvalue weighted by Gasteiger charge is -2.31. The molecule has 0 aliphatic heterocycles. The van der Waals surface area contributed by atoms with Gasteiger partial charge in [0.15, 0.2) is 0 Å². The van der Waals surface area contributed by atoms with E-state index >= 15 is 0 Å². The quantitative estimate of drug-likeness (QED) is 0.869. The molecule has 0 amide bonds. The maximum Gasteiger partial charge on any atom is 0.0895 e. The maximum absolute atomic E-state index is 6.03. The highest BCUT2D eigenvalue weighted by Crippen LogP contribution is 2.22. The third-order valence-corrected chi connectivity index (χ3v) is 3.63. The summed E-state index contributed by atoms with van der Waals surface area (Å²) in [6, 6.07) is 4.56. The van der Waals surface area contributed by atoms with Crippen LogP contribution >= 0.6 is 0 Å². The molecule has 1 saturated carbocycles. The summed E-state index contributed by atoms with van der Waals surface area (Å²) in [5.41, 5.74) is 2.28. The minimum atomic E-state index is 0.343. The van der Waals surface area contributed by atoms with Crippen molar-refractivity contribution in [1.82, 2.24) is 10.3 Å². The van der Waals surface area contributed by atoms with E-state index in [4.69, 9.17) is 4.74 Å². The highest BCUT2D eigenvalue weighted by molar-refractivity contribution is 5.16. The first-order valence-electron chi connectivity index (χ1n) is 6.50. The first kappa shape index (κ1) is 12.5. The Bertz CT molecular complexity index is 354. The highest BCUT2D eigenvalue weighted by Gasteiger charge is 2.24. The van der Waals surface area contributed by atoms with Crippen molar-refractivity contribution >= 4 is 0 Å². The summed E-state index contributed by atoms with van der Waals surface area (Å²) in [6.07, 6.45) is 7.16. The molecule has 1 aromatic heterocycles. The predicted molar refractivity (Wildman–Crippen MR) is 68.9 cm³/mol. The number of nitrogens with zero attached hydrogens (tertiary/aromatic N) is 1. The minimum absolute atomic E-state index is 0.343. The summed E-state index contributed by atoms with van der Waals surface area (Å²) >= 11 is 0. The first-order chi connectivity index (χ1) is 8.31. The molecule has 0 aromatic carbocycles. The van der Waals surface area contributed by atoms with Crippen molar-refractivity contribution in [3.05, 3.63) is 29.6 Å². The van der Waals surface area contributed by atoms with Gasteiger partial charge in [0.2, 0.25) is 0 Å². The van der Waals surface area contributed by atoms with Gasteiger partial charge in [-0.15, -0.1) is 0 Å². The Morgan fingerprint density at radius 2 is 2.24 bits per heavy atom. The fourth-order valence-electron chi connectivity index (χ4n) is 2.48. The molecule has 1 heterocycles.